The van der Waals surface area contributed by atoms with Crippen molar-refractivity contribution < 1.29 is 4.92 Å². The molecule has 1 aliphatic rings. The highest BCUT2D eigenvalue weighted by Gasteiger charge is 2.30. The topological polar surface area (TPSA) is 98.5 Å². The molecule has 20 heavy (non-hydrogen) atoms. The number of nitro groups is 1. The Hall–Kier alpha value is -1.67. The number of nitrogens with zero attached hydrogens (tertiary/aromatic N) is 3. The first kappa shape index (κ1) is 13.3. The predicted octanol–water partition coefficient (Wildman–Crippen LogP) is 2.38. The second-order valence-electron chi connectivity index (χ2n) is 5.37. The first-order chi connectivity index (χ1) is 9.59. The van der Waals surface area contributed by atoms with E-state index in [9.17, 15) is 10.1 Å². The summed E-state index contributed by atoms with van der Waals surface area (Å²) in [7, 11) is 0. The number of thiazole rings is 1. The quantitative estimate of drug-likeness (QED) is 0.666. The first-order valence-electron chi connectivity index (χ1n) is 6.72. The third-order valence-corrected chi connectivity index (χ3v) is 4.62. The van der Waals surface area contributed by atoms with Gasteiger partial charge in [0.05, 0.1) is 0 Å². The van der Waals surface area contributed by atoms with E-state index >= 15 is 0 Å². The van der Waals surface area contributed by atoms with Crippen LogP contribution in [0.15, 0.2) is 11.6 Å². The molecule has 0 atom stereocenters. The zero-order valence-electron chi connectivity index (χ0n) is 11.0. The van der Waals surface area contributed by atoms with Crippen molar-refractivity contribution in [2.75, 3.05) is 11.9 Å². The molecule has 0 aromatic carbocycles. The van der Waals surface area contributed by atoms with Crippen LogP contribution in [-0.2, 0) is 0 Å². The maximum Gasteiger partial charge on any atom is 0.372 e. The fourth-order valence-electron chi connectivity index (χ4n) is 2.76. The molecule has 108 valence electrons. The van der Waals surface area contributed by atoms with Crippen LogP contribution in [-0.4, -0.2) is 26.4 Å². The lowest BCUT2D eigenvalue weighted by Crippen LogP contribution is -2.47. The summed E-state index contributed by atoms with van der Waals surface area (Å²) in [5, 5.41) is 16.1. The molecule has 2 heterocycles. The minimum absolute atomic E-state index is 0.0133. The summed E-state index contributed by atoms with van der Waals surface area (Å²) in [5.74, 6) is 0.304. The third-order valence-electron chi connectivity index (χ3n) is 3.87. The van der Waals surface area contributed by atoms with Crippen molar-refractivity contribution in [1.82, 2.24) is 9.38 Å². The van der Waals surface area contributed by atoms with E-state index < -0.39 is 4.92 Å². The number of imidazole rings is 1. The summed E-state index contributed by atoms with van der Waals surface area (Å²) in [6.07, 6.45) is 7.04. The number of nitrogens with one attached hydrogen (secondary N) is 1. The maximum absolute atomic E-state index is 11.2. The molecule has 1 fully saturated rings. The van der Waals surface area contributed by atoms with Crippen molar-refractivity contribution in [1.29, 1.82) is 0 Å². The smallest absolute Gasteiger partial charge is 0.361 e. The average molecular weight is 295 g/mol. The molecule has 2 aromatic heterocycles. The van der Waals surface area contributed by atoms with Crippen molar-refractivity contribution in [2.45, 2.75) is 37.6 Å². The Morgan fingerprint density at radius 1 is 1.50 bits per heavy atom. The molecule has 8 heteroatoms. The van der Waals surface area contributed by atoms with Crippen LogP contribution in [0.2, 0.25) is 0 Å². The van der Waals surface area contributed by atoms with Gasteiger partial charge in [-0.05, 0) is 17.8 Å². The van der Waals surface area contributed by atoms with Crippen molar-refractivity contribution in [3.63, 3.8) is 0 Å². The van der Waals surface area contributed by atoms with Gasteiger partial charge < -0.3 is 21.2 Å². The number of rotatable bonds is 4. The van der Waals surface area contributed by atoms with Gasteiger partial charge in [-0.15, -0.1) is 0 Å². The highest BCUT2D eigenvalue weighted by atomic mass is 32.1. The summed E-state index contributed by atoms with van der Waals surface area (Å²) >= 11 is 1.38. The largest absolute Gasteiger partial charge is 0.372 e. The van der Waals surface area contributed by atoms with E-state index in [0.717, 1.165) is 25.7 Å². The molecule has 0 unspecified atom stereocenters. The lowest BCUT2D eigenvalue weighted by molar-refractivity contribution is -0.389. The molecule has 3 N–H and O–H groups in total. The Balaban J connectivity index is 1.81. The predicted molar refractivity (Wildman–Crippen MR) is 78.2 cm³/mol. The number of aromatic nitrogens is 2. The van der Waals surface area contributed by atoms with Crippen molar-refractivity contribution in [3.8, 4) is 0 Å². The molecule has 0 saturated heterocycles. The fourth-order valence-corrected chi connectivity index (χ4v) is 3.47. The zero-order valence-corrected chi connectivity index (χ0v) is 11.9. The molecule has 3 rings (SSSR count). The maximum atomic E-state index is 11.2. The average Bonchev–Trinajstić information content (AvgIpc) is 2.96. The van der Waals surface area contributed by atoms with Crippen molar-refractivity contribution >= 4 is 27.9 Å². The SMILES string of the molecule is NC1(CNc2nc3sccn3c2[N+](=O)[O-])CCCCC1. The second kappa shape index (κ2) is 5.02. The van der Waals surface area contributed by atoms with Crippen LogP contribution in [0.5, 0.6) is 0 Å². The van der Waals surface area contributed by atoms with Crippen LogP contribution in [0.25, 0.3) is 4.96 Å². The minimum atomic E-state index is -0.404. The Morgan fingerprint density at radius 3 is 2.95 bits per heavy atom. The van der Waals surface area contributed by atoms with Gasteiger partial charge in [0.25, 0.3) is 4.96 Å². The highest BCUT2D eigenvalue weighted by molar-refractivity contribution is 7.15. The number of hydrogen-bond donors (Lipinski definition) is 2. The van der Waals surface area contributed by atoms with Gasteiger partial charge in [-0.2, -0.15) is 9.38 Å². The molecule has 1 aliphatic carbocycles. The van der Waals surface area contributed by atoms with Gasteiger partial charge in [-0.3, -0.25) is 0 Å². The Morgan fingerprint density at radius 2 is 2.25 bits per heavy atom. The van der Waals surface area contributed by atoms with E-state index in [1.165, 1.54) is 22.2 Å². The molecule has 0 amide bonds. The van der Waals surface area contributed by atoms with Crippen LogP contribution in [0, 0.1) is 10.1 Å². The lowest BCUT2D eigenvalue weighted by Gasteiger charge is -2.33. The summed E-state index contributed by atoms with van der Waals surface area (Å²) < 4.78 is 1.50. The number of anilines is 1. The lowest BCUT2D eigenvalue weighted by atomic mass is 9.82. The van der Waals surface area contributed by atoms with Gasteiger partial charge in [-0.25, -0.2) is 0 Å². The van der Waals surface area contributed by atoms with Crippen LogP contribution < -0.4 is 11.1 Å². The van der Waals surface area contributed by atoms with Gasteiger partial charge in [-0.1, -0.05) is 30.6 Å². The summed E-state index contributed by atoms with van der Waals surface area (Å²) in [6.45, 7) is 0.526. The van der Waals surface area contributed by atoms with Crippen LogP contribution in [0.4, 0.5) is 11.6 Å². The molecule has 0 spiro atoms. The zero-order chi connectivity index (χ0) is 14.2. The standard InChI is InChI=1S/C12H17N5O2S/c13-12(4-2-1-3-5-12)8-14-9-10(17(18)19)16-6-7-20-11(16)15-9/h6-7,14H,1-5,8,13H2. The molecule has 2 aromatic rings. The Kier molecular flexibility index (Phi) is 3.35. The molecule has 7 nitrogen and oxygen atoms in total. The molecular formula is C12H17N5O2S. The normalized spacial score (nSPS) is 18.2. The Labute approximate surface area is 120 Å². The second-order valence-corrected chi connectivity index (χ2v) is 6.25. The fraction of sp³-hybridized carbons (Fsp3) is 0.583. The summed E-state index contributed by atoms with van der Waals surface area (Å²) in [6, 6.07) is 0. The van der Waals surface area contributed by atoms with E-state index in [4.69, 9.17) is 5.73 Å². The van der Waals surface area contributed by atoms with E-state index in [1.807, 2.05) is 0 Å². The van der Waals surface area contributed by atoms with E-state index in [2.05, 4.69) is 10.3 Å². The van der Waals surface area contributed by atoms with Crippen molar-refractivity contribution in [3.05, 3.63) is 21.7 Å². The van der Waals surface area contributed by atoms with E-state index in [0.29, 0.717) is 17.3 Å². The molecule has 0 bridgehead atoms. The van der Waals surface area contributed by atoms with Crippen LogP contribution in [0.3, 0.4) is 0 Å². The highest BCUT2D eigenvalue weighted by Crippen LogP contribution is 2.30. The van der Waals surface area contributed by atoms with Gasteiger partial charge in [0.15, 0.2) is 0 Å². The minimum Gasteiger partial charge on any atom is -0.361 e. The molecule has 1 saturated carbocycles. The van der Waals surface area contributed by atoms with Gasteiger partial charge in [0.1, 0.15) is 6.20 Å². The van der Waals surface area contributed by atoms with E-state index in [1.54, 1.807) is 11.6 Å². The summed E-state index contributed by atoms with van der Waals surface area (Å²) in [4.78, 5) is 15.7. The molecule has 0 radical (unpaired) electrons. The van der Waals surface area contributed by atoms with Gasteiger partial charge >= 0.3 is 5.82 Å². The first-order valence-corrected chi connectivity index (χ1v) is 7.60. The number of fused-ring (bicyclic) bond motifs is 1. The monoisotopic (exact) mass is 295 g/mol. The third kappa shape index (κ3) is 2.36. The van der Waals surface area contributed by atoms with Crippen molar-refractivity contribution in [2.24, 2.45) is 5.73 Å². The number of hydrogen-bond acceptors (Lipinski definition) is 6. The Bertz CT molecular complexity index is 629. The molecule has 0 aliphatic heterocycles. The van der Waals surface area contributed by atoms with E-state index in [-0.39, 0.29) is 11.4 Å². The van der Waals surface area contributed by atoms with Crippen LogP contribution >= 0.6 is 11.3 Å². The summed E-state index contributed by atoms with van der Waals surface area (Å²) in [5.41, 5.74) is 6.06. The molecular weight excluding hydrogens is 278 g/mol. The van der Waals surface area contributed by atoms with Crippen LogP contribution in [0.1, 0.15) is 32.1 Å². The van der Waals surface area contributed by atoms with Gasteiger partial charge in [0.2, 0.25) is 5.82 Å². The van der Waals surface area contributed by atoms with Gasteiger partial charge in [0, 0.05) is 17.5 Å². The number of nitrogens with two attached hydrogens (primary N) is 1.